The van der Waals surface area contributed by atoms with Gasteiger partial charge in [-0.2, -0.15) is 0 Å². The van der Waals surface area contributed by atoms with Crippen molar-refractivity contribution in [3.8, 4) is 5.75 Å². The van der Waals surface area contributed by atoms with E-state index in [1.54, 1.807) is 19.9 Å². The number of halogens is 1. The van der Waals surface area contributed by atoms with E-state index in [2.05, 4.69) is 15.9 Å². The lowest BCUT2D eigenvalue weighted by Gasteiger charge is -2.15. The van der Waals surface area contributed by atoms with Gasteiger partial charge in [-0.05, 0) is 32.0 Å². The number of hydrogen-bond donors (Lipinski definition) is 1. The summed E-state index contributed by atoms with van der Waals surface area (Å²) in [5.41, 5.74) is 6.46. The van der Waals surface area contributed by atoms with Crippen molar-refractivity contribution < 1.29 is 14.3 Å². The number of benzene rings is 1. The second kappa shape index (κ2) is 6.61. The zero-order valence-corrected chi connectivity index (χ0v) is 11.5. The summed E-state index contributed by atoms with van der Waals surface area (Å²) in [7, 11) is 0. The topological polar surface area (TPSA) is 61.5 Å². The van der Waals surface area contributed by atoms with Crippen LogP contribution in [-0.2, 0) is 16.1 Å². The summed E-state index contributed by atoms with van der Waals surface area (Å²) in [6.45, 7) is 4.11. The van der Waals surface area contributed by atoms with Gasteiger partial charge >= 0.3 is 5.97 Å². The molecular weight excluding hydrogens is 286 g/mol. The molecule has 0 fully saturated rings. The molecule has 1 rings (SSSR count). The van der Waals surface area contributed by atoms with E-state index in [-0.39, 0.29) is 5.97 Å². The van der Waals surface area contributed by atoms with E-state index in [9.17, 15) is 4.79 Å². The third kappa shape index (κ3) is 4.02. The molecular formula is C12H16BrNO3. The number of esters is 1. The Morgan fingerprint density at radius 2 is 2.24 bits per heavy atom. The first-order chi connectivity index (χ1) is 8.08. The van der Waals surface area contributed by atoms with Crippen molar-refractivity contribution in [1.29, 1.82) is 0 Å². The quantitative estimate of drug-likeness (QED) is 0.847. The van der Waals surface area contributed by atoms with Crippen molar-refractivity contribution >= 4 is 21.9 Å². The monoisotopic (exact) mass is 301 g/mol. The molecule has 17 heavy (non-hydrogen) atoms. The molecule has 0 saturated heterocycles. The third-order valence-electron chi connectivity index (χ3n) is 2.16. The second-order valence-electron chi connectivity index (χ2n) is 3.47. The lowest BCUT2D eigenvalue weighted by Crippen LogP contribution is -2.26. The molecule has 0 amide bonds. The van der Waals surface area contributed by atoms with Crippen LogP contribution in [0.5, 0.6) is 5.75 Å². The SMILES string of the molecule is CCOC(=O)C(C)Oc1ccc(Br)cc1CN. The van der Waals surface area contributed by atoms with E-state index in [0.717, 1.165) is 10.0 Å². The van der Waals surface area contributed by atoms with Crippen molar-refractivity contribution in [1.82, 2.24) is 0 Å². The smallest absolute Gasteiger partial charge is 0.347 e. The predicted octanol–water partition coefficient (Wildman–Crippen LogP) is 2.24. The summed E-state index contributed by atoms with van der Waals surface area (Å²) in [6.07, 6.45) is -0.638. The highest BCUT2D eigenvalue weighted by molar-refractivity contribution is 9.10. The van der Waals surface area contributed by atoms with E-state index in [1.807, 2.05) is 12.1 Å². The molecule has 0 radical (unpaired) electrons. The van der Waals surface area contributed by atoms with Crippen LogP contribution < -0.4 is 10.5 Å². The molecule has 0 aliphatic rings. The molecule has 1 unspecified atom stereocenters. The van der Waals surface area contributed by atoms with Gasteiger partial charge in [0.05, 0.1) is 6.61 Å². The maximum absolute atomic E-state index is 11.4. The fraction of sp³-hybridized carbons (Fsp3) is 0.417. The summed E-state index contributed by atoms with van der Waals surface area (Å²) >= 11 is 3.35. The standard InChI is InChI=1S/C12H16BrNO3/c1-3-16-12(15)8(2)17-11-5-4-10(13)6-9(11)7-14/h4-6,8H,3,7,14H2,1-2H3. The minimum atomic E-state index is -0.638. The average Bonchev–Trinajstić information content (AvgIpc) is 2.31. The van der Waals surface area contributed by atoms with Gasteiger partial charge in [0.25, 0.3) is 0 Å². The van der Waals surface area contributed by atoms with Gasteiger partial charge in [0.1, 0.15) is 5.75 Å². The molecule has 1 aromatic rings. The van der Waals surface area contributed by atoms with Gasteiger partial charge < -0.3 is 15.2 Å². The highest BCUT2D eigenvalue weighted by Gasteiger charge is 2.17. The Bertz CT molecular complexity index is 395. The Morgan fingerprint density at radius 1 is 1.53 bits per heavy atom. The van der Waals surface area contributed by atoms with Crippen LogP contribution in [0.1, 0.15) is 19.4 Å². The molecule has 0 heterocycles. The Morgan fingerprint density at radius 3 is 2.82 bits per heavy atom. The molecule has 94 valence electrons. The van der Waals surface area contributed by atoms with Crippen LogP contribution in [0.15, 0.2) is 22.7 Å². The first-order valence-corrected chi connectivity index (χ1v) is 6.19. The van der Waals surface area contributed by atoms with Crippen LogP contribution >= 0.6 is 15.9 Å². The van der Waals surface area contributed by atoms with Gasteiger partial charge in [0.2, 0.25) is 0 Å². The number of carbonyl (C=O) groups is 1. The summed E-state index contributed by atoms with van der Waals surface area (Å²) in [5, 5.41) is 0. The van der Waals surface area contributed by atoms with Crippen molar-refractivity contribution in [3.63, 3.8) is 0 Å². The highest BCUT2D eigenvalue weighted by atomic mass is 79.9. The first-order valence-electron chi connectivity index (χ1n) is 5.40. The maximum atomic E-state index is 11.4. The van der Waals surface area contributed by atoms with Crippen molar-refractivity contribution in [2.24, 2.45) is 5.73 Å². The van der Waals surface area contributed by atoms with Crippen LogP contribution in [0.25, 0.3) is 0 Å². The summed E-state index contributed by atoms with van der Waals surface area (Å²) < 4.78 is 11.3. The van der Waals surface area contributed by atoms with Crippen LogP contribution in [-0.4, -0.2) is 18.7 Å². The molecule has 0 spiro atoms. The zero-order chi connectivity index (χ0) is 12.8. The minimum absolute atomic E-state index is 0.344. The molecule has 0 aliphatic carbocycles. The number of nitrogens with two attached hydrogens (primary N) is 1. The van der Waals surface area contributed by atoms with Crippen molar-refractivity contribution in [2.75, 3.05) is 6.61 Å². The number of ether oxygens (including phenoxy) is 2. The Labute approximate surface area is 109 Å². The van der Waals surface area contributed by atoms with Gasteiger partial charge in [-0.15, -0.1) is 0 Å². The van der Waals surface area contributed by atoms with Gasteiger partial charge in [0, 0.05) is 16.6 Å². The largest absolute Gasteiger partial charge is 0.479 e. The first kappa shape index (κ1) is 14.0. The Kier molecular flexibility index (Phi) is 5.44. The van der Waals surface area contributed by atoms with Gasteiger partial charge in [-0.25, -0.2) is 4.79 Å². The highest BCUT2D eigenvalue weighted by Crippen LogP contribution is 2.23. The van der Waals surface area contributed by atoms with E-state index in [4.69, 9.17) is 15.2 Å². The Balaban J connectivity index is 2.77. The maximum Gasteiger partial charge on any atom is 0.347 e. The number of rotatable bonds is 5. The number of carbonyl (C=O) groups excluding carboxylic acids is 1. The van der Waals surface area contributed by atoms with E-state index in [0.29, 0.717) is 18.9 Å². The lowest BCUT2D eigenvalue weighted by atomic mass is 10.2. The normalized spacial score (nSPS) is 12.0. The molecule has 4 nitrogen and oxygen atoms in total. The van der Waals surface area contributed by atoms with E-state index < -0.39 is 6.10 Å². The molecule has 0 aliphatic heterocycles. The fourth-order valence-electron chi connectivity index (χ4n) is 1.32. The van der Waals surface area contributed by atoms with E-state index >= 15 is 0 Å². The van der Waals surface area contributed by atoms with Gasteiger partial charge in [0.15, 0.2) is 6.10 Å². The zero-order valence-electron chi connectivity index (χ0n) is 9.90. The van der Waals surface area contributed by atoms with Crippen molar-refractivity contribution in [3.05, 3.63) is 28.2 Å². The predicted molar refractivity (Wildman–Crippen MR) is 68.8 cm³/mol. The van der Waals surface area contributed by atoms with Crippen LogP contribution in [0, 0.1) is 0 Å². The molecule has 1 aromatic carbocycles. The van der Waals surface area contributed by atoms with Crippen LogP contribution in [0.4, 0.5) is 0 Å². The average molecular weight is 302 g/mol. The molecule has 0 bridgehead atoms. The number of hydrogen-bond acceptors (Lipinski definition) is 4. The second-order valence-corrected chi connectivity index (χ2v) is 4.38. The van der Waals surface area contributed by atoms with Crippen molar-refractivity contribution in [2.45, 2.75) is 26.5 Å². The summed E-state index contributed by atoms with van der Waals surface area (Å²) in [4.78, 5) is 11.4. The van der Waals surface area contributed by atoms with Gasteiger partial charge in [-0.1, -0.05) is 15.9 Å². The van der Waals surface area contributed by atoms with Crippen LogP contribution in [0.3, 0.4) is 0 Å². The van der Waals surface area contributed by atoms with Gasteiger partial charge in [-0.3, -0.25) is 0 Å². The molecule has 5 heteroatoms. The Hall–Kier alpha value is -1.07. The third-order valence-corrected chi connectivity index (χ3v) is 2.66. The lowest BCUT2D eigenvalue weighted by molar-refractivity contribution is -0.150. The summed E-state index contributed by atoms with van der Waals surface area (Å²) in [5.74, 6) is 0.231. The molecule has 0 saturated carbocycles. The molecule has 0 aromatic heterocycles. The van der Waals surface area contributed by atoms with Crippen LogP contribution in [0.2, 0.25) is 0 Å². The summed E-state index contributed by atoms with van der Waals surface area (Å²) in [6, 6.07) is 5.49. The molecule has 2 N–H and O–H groups in total. The minimum Gasteiger partial charge on any atom is -0.479 e. The molecule has 1 atom stereocenters. The fourth-order valence-corrected chi connectivity index (χ4v) is 1.73. The van der Waals surface area contributed by atoms with E-state index in [1.165, 1.54) is 0 Å².